The van der Waals surface area contributed by atoms with Gasteiger partial charge in [-0.05, 0) is 23.1 Å². The van der Waals surface area contributed by atoms with E-state index in [1.807, 2.05) is 0 Å². The largest absolute Gasteiger partial charge is 0.481 e. The average molecular weight is 265 g/mol. The fourth-order valence-corrected chi connectivity index (χ4v) is 2.49. The minimum absolute atomic E-state index is 0.262. The van der Waals surface area contributed by atoms with Gasteiger partial charge in [0.05, 0.1) is 11.8 Å². The summed E-state index contributed by atoms with van der Waals surface area (Å²) in [5.41, 5.74) is 0.277. The maximum absolute atomic E-state index is 12.7. The van der Waals surface area contributed by atoms with Gasteiger partial charge in [-0.3, -0.25) is 9.59 Å². The van der Waals surface area contributed by atoms with Crippen LogP contribution in [0, 0.1) is 23.1 Å². The number of rotatable bonds is 4. The van der Waals surface area contributed by atoms with Crippen molar-refractivity contribution in [2.45, 2.75) is 20.4 Å². The Labute approximate surface area is 110 Å². The van der Waals surface area contributed by atoms with Crippen molar-refractivity contribution >= 4 is 11.9 Å². The molecule has 0 aliphatic heterocycles. The molecule has 0 aromatic heterocycles. The van der Waals surface area contributed by atoms with Crippen LogP contribution in [0.5, 0.6) is 0 Å². The maximum Gasteiger partial charge on any atom is 0.307 e. The number of hydrogen-bond donors (Lipinski definition) is 2. The molecule has 1 aromatic rings. The zero-order valence-corrected chi connectivity index (χ0v) is 10.8. The van der Waals surface area contributed by atoms with E-state index >= 15 is 0 Å². The molecule has 1 aromatic carbocycles. The first kappa shape index (κ1) is 13.5. The number of aliphatic carboxylic acids is 1. The second-order valence-corrected chi connectivity index (χ2v) is 5.46. The first-order valence-corrected chi connectivity index (χ1v) is 6.09. The van der Waals surface area contributed by atoms with Gasteiger partial charge >= 0.3 is 5.97 Å². The van der Waals surface area contributed by atoms with Crippen LogP contribution < -0.4 is 5.32 Å². The topological polar surface area (TPSA) is 66.4 Å². The third kappa shape index (κ3) is 2.59. The molecule has 0 spiro atoms. The fourth-order valence-electron chi connectivity index (χ4n) is 2.49. The number of carboxylic acid groups (broad SMARTS) is 1. The Bertz CT molecular complexity index is 510. The number of nitrogens with one attached hydrogen (secondary N) is 1. The van der Waals surface area contributed by atoms with E-state index in [0.717, 1.165) is 5.56 Å². The second kappa shape index (κ2) is 4.64. The lowest BCUT2D eigenvalue weighted by Crippen LogP contribution is -2.26. The monoisotopic (exact) mass is 265 g/mol. The molecule has 2 atom stereocenters. The molecule has 0 radical (unpaired) electrons. The van der Waals surface area contributed by atoms with Crippen LogP contribution in [0.3, 0.4) is 0 Å². The van der Waals surface area contributed by atoms with E-state index in [1.54, 1.807) is 26.0 Å². The van der Waals surface area contributed by atoms with Gasteiger partial charge in [-0.25, -0.2) is 4.39 Å². The smallest absolute Gasteiger partial charge is 0.307 e. The van der Waals surface area contributed by atoms with Crippen molar-refractivity contribution in [2.75, 3.05) is 0 Å². The summed E-state index contributed by atoms with van der Waals surface area (Å²) in [5, 5.41) is 11.7. The quantitative estimate of drug-likeness (QED) is 0.872. The molecule has 4 nitrogen and oxygen atoms in total. The summed E-state index contributed by atoms with van der Waals surface area (Å²) in [6, 6.07) is 5.82. The molecule has 19 heavy (non-hydrogen) atoms. The summed E-state index contributed by atoms with van der Waals surface area (Å²) in [7, 11) is 0. The number of carbonyl (C=O) groups excluding carboxylic acids is 1. The molecular formula is C14H16FNO3. The van der Waals surface area contributed by atoms with Gasteiger partial charge in [-0.15, -0.1) is 0 Å². The minimum Gasteiger partial charge on any atom is -0.481 e. The Balaban J connectivity index is 1.93. The van der Waals surface area contributed by atoms with E-state index in [9.17, 15) is 14.0 Å². The number of hydrogen-bond acceptors (Lipinski definition) is 2. The van der Waals surface area contributed by atoms with Crippen molar-refractivity contribution in [3.05, 3.63) is 35.6 Å². The second-order valence-electron chi connectivity index (χ2n) is 5.46. The lowest BCUT2D eigenvalue weighted by atomic mass is 10.1. The number of carboxylic acids is 1. The predicted molar refractivity (Wildman–Crippen MR) is 66.6 cm³/mol. The summed E-state index contributed by atoms with van der Waals surface area (Å²) in [5.74, 6) is -2.65. The molecule has 1 aliphatic carbocycles. The summed E-state index contributed by atoms with van der Waals surface area (Å²) in [6.07, 6.45) is 0. The average Bonchev–Trinajstić information content (AvgIpc) is 2.91. The van der Waals surface area contributed by atoms with E-state index < -0.39 is 23.2 Å². The van der Waals surface area contributed by atoms with Gasteiger partial charge in [0.2, 0.25) is 5.91 Å². The fraction of sp³-hybridized carbons (Fsp3) is 0.429. The van der Waals surface area contributed by atoms with Gasteiger partial charge in [0, 0.05) is 6.54 Å². The minimum atomic E-state index is -0.938. The highest BCUT2D eigenvalue weighted by Crippen LogP contribution is 2.58. The molecule has 1 amide bonds. The molecule has 0 saturated heterocycles. The molecule has 102 valence electrons. The first-order valence-electron chi connectivity index (χ1n) is 6.09. The third-order valence-electron chi connectivity index (χ3n) is 3.76. The summed E-state index contributed by atoms with van der Waals surface area (Å²) >= 11 is 0. The molecule has 0 bridgehead atoms. The van der Waals surface area contributed by atoms with Crippen LogP contribution in [-0.4, -0.2) is 17.0 Å². The zero-order chi connectivity index (χ0) is 14.2. The van der Waals surface area contributed by atoms with E-state index in [2.05, 4.69) is 5.32 Å². The van der Waals surface area contributed by atoms with Gasteiger partial charge in [0.25, 0.3) is 0 Å². The zero-order valence-electron chi connectivity index (χ0n) is 10.8. The van der Waals surface area contributed by atoms with Crippen LogP contribution in [0.2, 0.25) is 0 Å². The number of benzene rings is 1. The highest BCUT2D eigenvalue weighted by Gasteiger charge is 2.65. The third-order valence-corrected chi connectivity index (χ3v) is 3.76. The highest BCUT2D eigenvalue weighted by atomic mass is 19.1. The summed E-state index contributed by atoms with van der Waals surface area (Å²) < 4.78 is 12.7. The molecule has 2 N–H and O–H groups in total. The lowest BCUT2D eigenvalue weighted by Gasteiger charge is -2.06. The van der Waals surface area contributed by atoms with E-state index in [-0.39, 0.29) is 18.3 Å². The molecular weight excluding hydrogens is 249 g/mol. The molecule has 1 aliphatic rings. The van der Waals surface area contributed by atoms with Gasteiger partial charge in [0.15, 0.2) is 0 Å². The van der Waals surface area contributed by atoms with Crippen molar-refractivity contribution in [1.82, 2.24) is 5.32 Å². The van der Waals surface area contributed by atoms with Crippen LogP contribution in [0.15, 0.2) is 24.3 Å². The molecule has 0 unspecified atom stereocenters. The highest BCUT2D eigenvalue weighted by molar-refractivity contribution is 5.91. The van der Waals surface area contributed by atoms with Crippen molar-refractivity contribution < 1.29 is 19.1 Å². The Morgan fingerprint density at radius 2 is 1.84 bits per heavy atom. The van der Waals surface area contributed by atoms with Gasteiger partial charge in [-0.1, -0.05) is 26.0 Å². The van der Waals surface area contributed by atoms with Gasteiger partial charge in [-0.2, -0.15) is 0 Å². The van der Waals surface area contributed by atoms with Crippen molar-refractivity contribution in [1.29, 1.82) is 0 Å². The Morgan fingerprint density at radius 1 is 1.26 bits per heavy atom. The van der Waals surface area contributed by atoms with Crippen molar-refractivity contribution in [3.63, 3.8) is 0 Å². The standard InChI is InChI=1S/C14H16FNO3/c1-14(2)10(11(14)13(18)19)12(17)16-7-8-3-5-9(15)6-4-8/h3-6,10-11H,7H2,1-2H3,(H,16,17)(H,18,19)/t10-,11+/m1/s1. The van der Waals surface area contributed by atoms with E-state index in [0.29, 0.717) is 0 Å². The lowest BCUT2D eigenvalue weighted by molar-refractivity contribution is -0.140. The van der Waals surface area contributed by atoms with Crippen LogP contribution in [0.25, 0.3) is 0 Å². The van der Waals surface area contributed by atoms with Crippen molar-refractivity contribution in [2.24, 2.45) is 17.3 Å². The predicted octanol–water partition coefficient (Wildman–Crippen LogP) is 1.80. The van der Waals surface area contributed by atoms with Gasteiger partial charge < -0.3 is 10.4 Å². The molecule has 1 fully saturated rings. The van der Waals surface area contributed by atoms with Gasteiger partial charge in [0.1, 0.15) is 5.82 Å². The van der Waals surface area contributed by atoms with Crippen LogP contribution in [-0.2, 0) is 16.1 Å². The molecule has 0 heterocycles. The molecule has 1 saturated carbocycles. The summed E-state index contributed by atoms with van der Waals surface area (Å²) in [4.78, 5) is 22.9. The number of halogens is 1. The first-order chi connectivity index (χ1) is 8.84. The summed E-state index contributed by atoms with van der Waals surface area (Å²) in [6.45, 7) is 3.82. The van der Waals surface area contributed by atoms with E-state index in [4.69, 9.17) is 5.11 Å². The number of amides is 1. The molecule has 2 rings (SSSR count). The van der Waals surface area contributed by atoms with Crippen LogP contribution in [0.4, 0.5) is 4.39 Å². The normalized spacial score (nSPS) is 23.7. The Morgan fingerprint density at radius 3 is 2.32 bits per heavy atom. The molecule has 5 heteroatoms. The Kier molecular flexibility index (Phi) is 3.30. The van der Waals surface area contributed by atoms with Crippen molar-refractivity contribution in [3.8, 4) is 0 Å². The van der Waals surface area contributed by atoms with Crippen LogP contribution >= 0.6 is 0 Å². The maximum atomic E-state index is 12.7. The number of carbonyl (C=O) groups is 2. The SMILES string of the molecule is CC1(C)[C@H](C(=O)O)[C@@H]1C(=O)NCc1ccc(F)cc1. The van der Waals surface area contributed by atoms with E-state index in [1.165, 1.54) is 12.1 Å². The van der Waals surface area contributed by atoms with Crippen LogP contribution in [0.1, 0.15) is 19.4 Å². The Hall–Kier alpha value is -1.91.